The molecule has 0 radical (unpaired) electrons. The predicted octanol–water partition coefficient (Wildman–Crippen LogP) is 3.26. The molecule has 2 rings (SSSR count). The third kappa shape index (κ3) is 5.35. The number of amides is 1. The average molecular weight is 366 g/mol. The maximum absolute atomic E-state index is 12.3. The Balaban J connectivity index is 1.92. The van der Waals surface area contributed by atoms with Crippen LogP contribution in [0.25, 0.3) is 0 Å². The van der Waals surface area contributed by atoms with Gasteiger partial charge in [-0.15, -0.1) is 0 Å². The number of nitrogens with zero attached hydrogens (tertiary/aromatic N) is 1. The van der Waals surface area contributed by atoms with E-state index in [9.17, 15) is 9.00 Å². The minimum Gasteiger partial charge on any atom is -0.496 e. The number of para-hydroxylation sites is 1. The van der Waals surface area contributed by atoms with E-state index < -0.39 is 10.8 Å². The fourth-order valence-corrected chi connectivity index (χ4v) is 3.65. The Kier molecular flexibility index (Phi) is 6.82. The Bertz CT molecular complexity index is 736. The van der Waals surface area contributed by atoms with E-state index in [1.54, 1.807) is 31.2 Å². The molecule has 1 atom stereocenters. The monoisotopic (exact) mass is 365 g/mol. The van der Waals surface area contributed by atoms with Gasteiger partial charge in [-0.05, 0) is 23.8 Å². The molecule has 0 saturated heterocycles. The van der Waals surface area contributed by atoms with Gasteiger partial charge in [-0.2, -0.15) is 0 Å². The van der Waals surface area contributed by atoms with Gasteiger partial charge < -0.3 is 9.64 Å². The number of ether oxygens (including phenoxy) is 1. The van der Waals surface area contributed by atoms with Gasteiger partial charge in [0.15, 0.2) is 0 Å². The largest absolute Gasteiger partial charge is 0.496 e. The van der Waals surface area contributed by atoms with Crippen LogP contribution in [-0.2, 0) is 27.9 Å². The van der Waals surface area contributed by atoms with Crippen LogP contribution in [0.2, 0.25) is 5.02 Å². The minimum atomic E-state index is -1.28. The average Bonchev–Trinajstić information content (AvgIpc) is 2.55. The van der Waals surface area contributed by atoms with Crippen LogP contribution in [0.3, 0.4) is 0 Å². The van der Waals surface area contributed by atoms with Crippen LogP contribution >= 0.6 is 11.6 Å². The van der Waals surface area contributed by atoms with Crippen LogP contribution in [0, 0.1) is 0 Å². The lowest BCUT2D eigenvalue weighted by molar-refractivity contribution is -0.127. The summed E-state index contributed by atoms with van der Waals surface area (Å²) in [6, 6.07) is 14.7. The zero-order valence-corrected chi connectivity index (χ0v) is 15.3. The van der Waals surface area contributed by atoms with Crippen molar-refractivity contribution in [2.24, 2.45) is 0 Å². The molecule has 0 aromatic heterocycles. The predicted molar refractivity (Wildman–Crippen MR) is 97.6 cm³/mol. The molecule has 0 spiro atoms. The van der Waals surface area contributed by atoms with E-state index >= 15 is 0 Å². The van der Waals surface area contributed by atoms with Crippen molar-refractivity contribution in [3.63, 3.8) is 0 Å². The van der Waals surface area contributed by atoms with E-state index in [2.05, 4.69) is 0 Å². The van der Waals surface area contributed by atoms with Crippen LogP contribution in [0.5, 0.6) is 5.75 Å². The molecule has 4 nitrogen and oxygen atoms in total. The Labute approximate surface area is 149 Å². The molecule has 0 fully saturated rings. The van der Waals surface area contributed by atoms with Crippen LogP contribution in [0.4, 0.5) is 0 Å². The van der Waals surface area contributed by atoms with Gasteiger partial charge in [-0.3, -0.25) is 9.00 Å². The molecule has 0 heterocycles. The van der Waals surface area contributed by atoms with Gasteiger partial charge in [-0.1, -0.05) is 41.9 Å². The lowest BCUT2D eigenvalue weighted by Gasteiger charge is -2.18. The number of benzene rings is 2. The lowest BCUT2D eigenvalue weighted by atomic mass is 10.2. The minimum absolute atomic E-state index is 0.0157. The number of carbonyl (C=O) groups is 1. The van der Waals surface area contributed by atoms with Gasteiger partial charge >= 0.3 is 0 Å². The number of halogens is 1. The number of hydrogen-bond donors (Lipinski definition) is 0. The number of hydrogen-bond acceptors (Lipinski definition) is 3. The van der Waals surface area contributed by atoms with Gasteiger partial charge in [0.25, 0.3) is 0 Å². The highest BCUT2D eigenvalue weighted by Crippen LogP contribution is 2.19. The molecule has 2 aromatic rings. The summed E-state index contributed by atoms with van der Waals surface area (Å²) in [4.78, 5) is 13.8. The van der Waals surface area contributed by atoms with Crippen molar-refractivity contribution >= 4 is 28.3 Å². The molecule has 2 aromatic carbocycles. The highest BCUT2D eigenvalue weighted by molar-refractivity contribution is 7.84. The van der Waals surface area contributed by atoms with Crippen molar-refractivity contribution in [1.29, 1.82) is 0 Å². The first-order valence-electron chi connectivity index (χ1n) is 7.45. The first-order valence-corrected chi connectivity index (χ1v) is 9.31. The van der Waals surface area contributed by atoms with Gasteiger partial charge in [0.1, 0.15) is 11.5 Å². The Morgan fingerprint density at radius 3 is 2.67 bits per heavy atom. The molecule has 0 aliphatic rings. The third-order valence-electron chi connectivity index (χ3n) is 3.53. The zero-order chi connectivity index (χ0) is 17.5. The fourth-order valence-electron chi connectivity index (χ4n) is 2.29. The second-order valence-electron chi connectivity index (χ2n) is 5.42. The summed E-state index contributed by atoms with van der Waals surface area (Å²) in [7, 11) is 2.02. The molecule has 0 aliphatic heterocycles. The highest BCUT2D eigenvalue weighted by Gasteiger charge is 2.15. The molecular weight excluding hydrogens is 346 g/mol. The Morgan fingerprint density at radius 2 is 1.96 bits per heavy atom. The fraction of sp³-hybridized carbons (Fsp3) is 0.278. The molecule has 128 valence electrons. The topological polar surface area (TPSA) is 46.6 Å². The molecule has 0 N–H and O–H groups in total. The normalized spacial score (nSPS) is 11.8. The molecule has 1 amide bonds. The van der Waals surface area contributed by atoms with Crippen molar-refractivity contribution in [2.45, 2.75) is 12.3 Å². The van der Waals surface area contributed by atoms with E-state index in [-0.39, 0.29) is 11.7 Å². The maximum Gasteiger partial charge on any atom is 0.235 e. The summed E-state index contributed by atoms with van der Waals surface area (Å²) in [5.41, 5.74) is 1.78. The van der Waals surface area contributed by atoms with Gasteiger partial charge in [0.05, 0.1) is 7.11 Å². The van der Waals surface area contributed by atoms with Crippen molar-refractivity contribution < 1.29 is 13.7 Å². The molecule has 0 saturated carbocycles. The Morgan fingerprint density at radius 1 is 1.21 bits per heavy atom. The van der Waals surface area contributed by atoms with Crippen LogP contribution < -0.4 is 4.74 Å². The van der Waals surface area contributed by atoms with Crippen LogP contribution in [-0.4, -0.2) is 34.9 Å². The zero-order valence-electron chi connectivity index (χ0n) is 13.7. The van der Waals surface area contributed by atoms with Crippen LogP contribution in [0.15, 0.2) is 48.5 Å². The summed E-state index contributed by atoms with van der Waals surface area (Å²) in [5, 5.41) is 0.601. The molecule has 24 heavy (non-hydrogen) atoms. The summed E-state index contributed by atoms with van der Waals surface area (Å²) in [5.74, 6) is 0.867. The molecule has 0 bridgehead atoms. The van der Waals surface area contributed by atoms with E-state index in [0.717, 1.165) is 16.9 Å². The van der Waals surface area contributed by atoms with Gasteiger partial charge in [0.2, 0.25) is 5.91 Å². The van der Waals surface area contributed by atoms with Gasteiger partial charge in [0, 0.05) is 40.7 Å². The second kappa shape index (κ2) is 8.85. The SMILES string of the molecule is COc1ccccc1CN(C)C(=O)CS(=O)Cc1cccc(Cl)c1. The standard InChI is InChI=1S/C18H20ClNO3S/c1-20(11-15-7-3-4-9-17(15)23-2)18(21)13-24(22)12-14-6-5-8-16(19)10-14/h3-10H,11-13H2,1-2H3. The first-order chi connectivity index (χ1) is 11.5. The van der Waals surface area contributed by atoms with Crippen molar-refractivity contribution in [2.75, 3.05) is 19.9 Å². The van der Waals surface area contributed by atoms with Crippen LogP contribution in [0.1, 0.15) is 11.1 Å². The number of carbonyl (C=O) groups excluding carboxylic acids is 1. The Hall–Kier alpha value is -1.85. The summed E-state index contributed by atoms with van der Waals surface area (Å²) in [6.45, 7) is 0.414. The molecule has 1 unspecified atom stereocenters. The lowest BCUT2D eigenvalue weighted by Crippen LogP contribution is -2.30. The van der Waals surface area contributed by atoms with Crippen molar-refractivity contribution in [1.82, 2.24) is 4.90 Å². The van der Waals surface area contributed by atoms with E-state index in [4.69, 9.17) is 16.3 Å². The summed E-state index contributed by atoms with van der Waals surface area (Å²) in [6.07, 6.45) is 0. The maximum atomic E-state index is 12.3. The quantitative estimate of drug-likeness (QED) is 0.756. The third-order valence-corrected chi connectivity index (χ3v) is 4.99. The number of methoxy groups -OCH3 is 1. The van der Waals surface area contributed by atoms with Crippen molar-refractivity contribution in [3.05, 3.63) is 64.7 Å². The highest BCUT2D eigenvalue weighted by atomic mass is 35.5. The summed E-state index contributed by atoms with van der Waals surface area (Å²) >= 11 is 5.92. The van der Waals surface area contributed by atoms with Crippen molar-refractivity contribution in [3.8, 4) is 5.75 Å². The smallest absolute Gasteiger partial charge is 0.235 e. The van der Waals surface area contributed by atoms with E-state index in [1.165, 1.54) is 0 Å². The summed E-state index contributed by atoms with van der Waals surface area (Å²) < 4.78 is 17.5. The molecule has 6 heteroatoms. The van der Waals surface area contributed by atoms with E-state index in [1.807, 2.05) is 36.4 Å². The van der Waals surface area contributed by atoms with Gasteiger partial charge in [-0.25, -0.2) is 0 Å². The first kappa shape index (κ1) is 18.5. The molecular formula is C18H20ClNO3S. The van der Waals surface area contributed by atoms with E-state index in [0.29, 0.717) is 17.3 Å². The second-order valence-corrected chi connectivity index (χ2v) is 7.31. The molecule has 0 aliphatic carbocycles. The number of rotatable bonds is 7.